The molecule has 0 amide bonds. The molecule has 0 heterocycles. The summed E-state index contributed by atoms with van der Waals surface area (Å²) in [6.45, 7) is 7.16. The van der Waals surface area contributed by atoms with Crippen LogP contribution in [-0.2, 0) is 9.53 Å². The van der Waals surface area contributed by atoms with Crippen molar-refractivity contribution >= 4 is 5.78 Å². The van der Waals surface area contributed by atoms with Gasteiger partial charge >= 0.3 is 0 Å². The van der Waals surface area contributed by atoms with Crippen molar-refractivity contribution in [1.82, 2.24) is 0 Å². The molecule has 0 aromatic carbocycles. The summed E-state index contributed by atoms with van der Waals surface area (Å²) in [6.07, 6.45) is 11.7. The molecule has 27 heavy (non-hydrogen) atoms. The first-order chi connectivity index (χ1) is 12.7. The molecule has 4 aliphatic rings. The molecule has 0 radical (unpaired) electrons. The lowest BCUT2D eigenvalue weighted by atomic mass is 9.42. The number of hydrogen-bond acceptors (Lipinski definition) is 3. The number of methoxy groups -OCH3 is 1. The average molecular weight is 377 g/mol. The lowest BCUT2D eigenvalue weighted by molar-refractivity contribution is -0.163. The summed E-state index contributed by atoms with van der Waals surface area (Å²) in [5, 5.41) is 10.8. The summed E-state index contributed by atoms with van der Waals surface area (Å²) in [5.41, 5.74) is 0.115. The van der Waals surface area contributed by atoms with Gasteiger partial charge in [-0.15, -0.1) is 0 Å². The Kier molecular flexibility index (Phi) is 5.03. The van der Waals surface area contributed by atoms with Crippen molar-refractivity contribution in [3.63, 3.8) is 0 Å². The minimum atomic E-state index is -0.482. The highest BCUT2D eigenvalue weighted by Crippen LogP contribution is 2.68. The normalized spacial score (nSPS) is 52.0. The third kappa shape index (κ3) is 3.03. The summed E-state index contributed by atoms with van der Waals surface area (Å²) in [6, 6.07) is 0. The van der Waals surface area contributed by atoms with Crippen molar-refractivity contribution < 1.29 is 14.6 Å². The van der Waals surface area contributed by atoms with Gasteiger partial charge in [0, 0.05) is 19.6 Å². The number of rotatable bonds is 4. The third-order valence-corrected chi connectivity index (χ3v) is 9.91. The van der Waals surface area contributed by atoms with E-state index in [9.17, 15) is 9.90 Å². The van der Waals surface area contributed by atoms with E-state index in [-0.39, 0.29) is 5.41 Å². The van der Waals surface area contributed by atoms with Crippen LogP contribution in [0.3, 0.4) is 0 Å². The van der Waals surface area contributed by atoms with Gasteiger partial charge in [0.15, 0.2) is 0 Å². The minimum Gasteiger partial charge on any atom is -0.390 e. The van der Waals surface area contributed by atoms with Crippen LogP contribution in [0.15, 0.2) is 0 Å². The van der Waals surface area contributed by atoms with Gasteiger partial charge < -0.3 is 9.84 Å². The van der Waals surface area contributed by atoms with E-state index in [1.165, 1.54) is 32.1 Å². The van der Waals surface area contributed by atoms with E-state index in [1.807, 2.05) is 21.0 Å². The van der Waals surface area contributed by atoms with Crippen LogP contribution in [0.1, 0.15) is 85.0 Å². The van der Waals surface area contributed by atoms with E-state index in [4.69, 9.17) is 4.74 Å². The molecule has 0 unspecified atom stereocenters. The molecule has 4 fully saturated rings. The van der Waals surface area contributed by atoms with E-state index in [2.05, 4.69) is 6.92 Å². The zero-order chi connectivity index (χ0) is 19.4. The molecule has 0 bridgehead atoms. The molecule has 0 aromatic heterocycles. The summed E-state index contributed by atoms with van der Waals surface area (Å²) < 4.78 is 5.57. The Hall–Kier alpha value is -0.410. The second-order valence-electron chi connectivity index (χ2n) is 11.1. The molecule has 0 aliphatic heterocycles. The van der Waals surface area contributed by atoms with Crippen molar-refractivity contribution in [2.24, 2.45) is 40.4 Å². The smallest absolute Gasteiger partial charge is 0.133 e. The molecule has 3 nitrogen and oxygen atoms in total. The number of Topliss-reactive ketones (excluding diaryl/α,β-unsaturated/α-hetero) is 1. The number of ether oxygens (including phenoxy) is 1. The van der Waals surface area contributed by atoms with E-state index in [1.54, 1.807) is 0 Å². The number of carbonyl (C=O) groups is 1. The first-order valence-electron chi connectivity index (χ1n) is 11.5. The Morgan fingerprint density at radius 1 is 1.04 bits per heavy atom. The van der Waals surface area contributed by atoms with Crippen molar-refractivity contribution in [3.8, 4) is 0 Å². The van der Waals surface area contributed by atoms with Gasteiger partial charge in [-0.25, -0.2) is 0 Å². The molecule has 3 heteroatoms. The standard InChI is InChI=1S/C24H40O3/c1-16(25)19-7-8-20-18-6-5-17-15-22(2,26)11-12-24(17,13-14-27-4)21(18)9-10-23(19,20)3/h17-21,26H,5-15H2,1-4H3/t17-,18+,19-,20+,21+,22-,23-,24-/m1/s1. The number of ketones is 1. The van der Waals surface area contributed by atoms with E-state index in [0.717, 1.165) is 56.5 Å². The predicted octanol–water partition coefficient (Wildman–Crippen LogP) is 5.00. The third-order valence-electron chi connectivity index (χ3n) is 9.91. The monoisotopic (exact) mass is 376 g/mol. The number of aliphatic hydroxyl groups is 1. The Labute approximate surface area is 165 Å². The van der Waals surface area contributed by atoms with Crippen molar-refractivity contribution in [1.29, 1.82) is 0 Å². The highest BCUT2D eigenvalue weighted by atomic mass is 16.5. The number of hydrogen-bond donors (Lipinski definition) is 1. The van der Waals surface area contributed by atoms with Crippen LogP contribution in [0.25, 0.3) is 0 Å². The van der Waals surface area contributed by atoms with Gasteiger partial charge in [-0.2, -0.15) is 0 Å². The van der Waals surface area contributed by atoms with Crippen LogP contribution in [0.5, 0.6) is 0 Å². The molecule has 0 spiro atoms. The van der Waals surface area contributed by atoms with Crippen LogP contribution < -0.4 is 0 Å². The second-order valence-corrected chi connectivity index (χ2v) is 11.1. The van der Waals surface area contributed by atoms with Crippen molar-refractivity contribution in [2.45, 2.75) is 90.6 Å². The SMILES string of the molecule is COCC[C@]12CC[C@@](C)(O)C[C@H]1CC[C@H]1[C@@H]3CC[C@H](C(C)=O)[C@@]3(C)CC[C@@H]12. The fourth-order valence-corrected chi connectivity index (χ4v) is 8.69. The van der Waals surface area contributed by atoms with Gasteiger partial charge in [0.05, 0.1) is 5.60 Å². The Morgan fingerprint density at radius 2 is 1.81 bits per heavy atom. The maximum absolute atomic E-state index is 12.3. The van der Waals surface area contributed by atoms with Crippen LogP contribution in [-0.4, -0.2) is 30.2 Å². The summed E-state index contributed by atoms with van der Waals surface area (Å²) >= 11 is 0. The Balaban J connectivity index is 1.64. The van der Waals surface area contributed by atoms with E-state index in [0.29, 0.717) is 23.0 Å². The zero-order valence-corrected chi connectivity index (χ0v) is 17.9. The number of carbonyl (C=O) groups excluding carboxylic acids is 1. The maximum Gasteiger partial charge on any atom is 0.133 e. The fraction of sp³-hybridized carbons (Fsp3) is 0.958. The lowest BCUT2D eigenvalue weighted by Crippen LogP contribution is -2.57. The predicted molar refractivity (Wildman–Crippen MR) is 107 cm³/mol. The van der Waals surface area contributed by atoms with Crippen LogP contribution >= 0.6 is 0 Å². The summed E-state index contributed by atoms with van der Waals surface area (Å²) in [4.78, 5) is 12.3. The van der Waals surface area contributed by atoms with E-state index < -0.39 is 5.60 Å². The molecule has 0 saturated heterocycles. The van der Waals surface area contributed by atoms with Crippen LogP contribution in [0.4, 0.5) is 0 Å². The fourth-order valence-electron chi connectivity index (χ4n) is 8.69. The van der Waals surface area contributed by atoms with E-state index >= 15 is 0 Å². The molecule has 4 rings (SSSR count). The van der Waals surface area contributed by atoms with Gasteiger partial charge in [-0.05, 0) is 113 Å². The molecule has 8 atom stereocenters. The van der Waals surface area contributed by atoms with Crippen LogP contribution in [0, 0.1) is 40.4 Å². The molecule has 1 N–H and O–H groups in total. The highest BCUT2D eigenvalue weighted by Gasteiger charge is 2.62. The molecule has 4 aliphatic carbocycles. The maximum atomic E-state index is 12.3. The van der Waals surface area contributed by atoms with Gasteiger partial charge in [0.2, 0.25) is 0 Å². The van der Waals surface area contributed by atoms with Gasteiger partial charge in [0.25, 0.3) is 0 Å². The van der Waals surface area contributed by atoms with Crippen LogP contribution in [0.2, 0.25) is 0 Å². The Bertz CT molecular complexity index is 584. The minimum absolute atomic E-state index is 0.239. The first-order valence-corrected chi connectivity index (χ1v) is 11.5. The zero-order valence-electron chi connectivity index (χ0n) is 17.9. The van der Waals surface area contributed by atoms with Gasteiger partial charge in [-0.3, -0.25) is 4.79 Å². The molecule has 154 valence electrons. The topological polar surface area (TPSA) is 46.5 Å². The highest BCUT2D eigenvalue weighted by molar-refractivity contribution is 5.79. The largest absolute Gasteiger partial charge is 0.390 e. The van der Waals surface area contributed by atoms with Crippen molar-refractivity contribution in [3.05, 3.63) is 0 Å². The van der Waals surface area contributed by atoms with Gasteiger partial charge in [-0.1, -0.05) is 6.92 Å². The quantitative estimate of drug-likeness (QED) is 0.751. The summed E-state index contributed by atoms with van der Waals surface area (Å²) in [7, 11) is 1.83. The summed E-state index contributed by atoms with van der Waals surface area (Å²) in [5.74, 6) is 3.65. The molecular weight excluding hydrogens is 336 g/mol. The number of fused-ring (bicyclic) bond motifs is 5. The first kappa shape index (κ1) is 19.9. The average Bonchev–Trinajstić information content (AvgIpc) is 2.97. The molecular formula is C24H40O3. The second kappa shape index (κ2) is 6.83. The Morgan fingerprint density at radius 3 is 2.52 bits per heavy atom. The molecule has 0 aromatic rings. The van der Waals surface area contributed by atoms with Gasteiger partial charge in [0.1, 0.15) is 5.78 Å². The van der Waals surface area contributed by atoms with Crippen molar-refractivity contribution in [2.75, 3.05) is 13.7 Å². The lowest BCUT2D eigenvalue weighted by Gasteiger charge is -2.63. The molecule has 4 saturated carbocycles.